The van der Waals surface area contributed by atoms with Gasteiger partial charge in [-0.25, -0.2) is 4.98 Å². The summed E-state index contributed by atoms with van der Waals surface area (Å²) in [6.07, 6.45) is 5.04. The van der Waals surface area contributed by atoms with Crippen LogP contribution in [0.1, 0.15) is 161 Å². The number of amides is 14. The number of nitrogens with zero attached hydrogens (tertiary/aromatic N) is 6. The first-order valence-corrected chi connectivity index (χ1v) is 42.3. The zero-order valence-electron chi connectivity index (χ0n) is 71.2. The minimum absolute atomic E-state index is 0.0215. The van der Waals surface area contributed by atoms with Crippen molar-refractivity contribution in [2.45, 2.75) is 237 Å². The maximum Gasteiger partial charge on any atom is 0.246 e. The zero-order valence-corrected chi connectivity index (χ0v) is 71.2. The number of unbranched alkanes of at least 4 members (excludes halogenated alkanes) is 2. The molecule has 0 bridgehead atoms. The van der Waals surface area contributed by atoms with Gasteiger partial charge < -0.3 is 97.9 Å². The van der Waals surface area contributed by atoms with Crippen molar-refractivity contribution in [3.8, 4) is 5.75 Å². The lowest BCUT2D eigenvalue weighted by Gasteiger charge is -2.36. The normalized spacial score (nSPS) is 25.0. The molecule has 14 amide bonds. The first-order valence-electron chi connectivity index (χ1n) is 42.3. The van der Waals surface area contributed by atoms with Crippen molar-refractivity contribution < 1.29 is 82.1 Å². The van der Waals surface area contributed by atoms with Crippen LogP contribution in [0.3, 0.4) is 0 Å². The van der Waals surface area contributed by atoms with Crippen molar-refractivity contribution >= 4 is 110 Å². The monoisotopic (exact) mass is 1690 g/mol. The number of aliphatic hydroxyl groups is 1. The number of rotatable bonds is 20. The molecular weight excluding hydrogens is 1570 g/mol. The van der Waals surface area contributed by atoms with Crippen LogP contribution in [-0.4, -0.2) is 263 Å². The SMILES string of the molecule is CCCC[C@H]1C(=O)N(C)[C@@H](CCCC)C(=O)N[C@@H](CC(C)C)C(=O)NCCC(=O)N[C@@H](Cc2ccc(O)cc2)C(=O)N(C)[C@@H](C)C(=O)N[C@@H](CC(N)=O)C(=O)N2CCC[C@H]2C(=O)N[C@@H](Cc2c[nH]cn2)C(=O)N[C@@H](CC(C)C)C(=O)N2C[C@H](O)C[C@H]2C(=O)C[C@@H](Cc2c[nH]c3ccccc23)C(=O)NCC(=O)N[C@@H](Cc2c[nH]c3ccccc23)C(=O)N1C. The van der Waals surface area contributed by atoms with Crippen LogP contribution in [0.4, 0.5) is 0 Å². The lowest BCUT2D eigenvalue weighted by molar-refractivity contribution is -0.149. The molecule has 3 aliphatic heterocycles. The fraction of sp³-hybridized carbons (Fsp3) is 0.540. The number of carbonyl (C=O) groups excluding carboxylic acids is 15. The molecule has 9 rings (SSSR count). The van der Waals surface area contributed by atoms with Crippen LogP contribution >= 0.6 is 0 Å². The predicted octanol–water partition coefficient (Wildman–Crippen LogP) is 2.27. The summed E-state index contributed by atoms with van der Waals surface area (Å²) in [5, 5.41) is 45.1. The molecule has 122 heavy (non-hydrogen) atoms. The Hall–Kier alpha value is -12.0. The van der Waals surface area contributed by atoms with Crippen LogP contribution in [0.2, 0.25) is 0 Å². The van der Waals surface area contributed by atoms with Gasteiger partial charge in [0, 0.05) is 126 Å². The highest BCUT2D eigenvalue weighted by molar-refractivity contribution is 6.02. The molecule has 0 aliphatic carbocycles. The van der Waals surface area contributed by atoms with E-state index in [-0.39, 0.29) is 108 Å². The smallest absolute Gasteiger partial charge is 0.246 e. The average molecular weight is 1690 g/mol. The number of carbonyl (C=O) groups is 15. The number of fused-ring (bicyclic) bond motifs is 4. The number of likely N-dealkylation sites (N-methyl/N-ethyl adjacent to an activating group) is 3. The highest BCUT2D eigenvalue weighted by Crippen LogP contribution is 2.30. The summed E-state index contributed by atoms with van der Waals surface area (Å²) in [6.45, 7) is 10.9. The van der Waals surface area contributed by atoms with E-state index < -0.39 is 193 Å². The van der Waals surface area contributed by atoms with E-state index >= 15 is 28.8 Å². The largest absolute Gasteiger partial charge is 0.508 e. The Labute approximate surface area is 709 Å². The molecule has 0 radical (unpaired) electrons. The van der Waals surface area contributed by atoms with E-state index in [9.17, 15) is 53.4 Å². The molecule has 3 aromatic heterocycles. The number of primary amides is 1. The van der Waals surface area contributed by atoms with Crippen LogP contribution in [0.15, 0.2) is 97.7 Å². The number of phenols is 1. The van der Waals surface area contributed by atoms with Crippen molar-refractivity contribution in [2.75, 3.05) is 47.3 Å². The summed E-state index contributed by atoms with van der Waals surface area (Å²) in [6, 6.07) is 5.23. The molecule has 3 fully saturated rings. The van der Waals surface area contributed by atoms with Gasteiger partial charge in [-0.05, 0) is 105 Å². The Balaban J connectivity index is 1.06. The molecule has 3 aromatic carbocycles. The van der Waals surface area contributed by atoms with Crippen molar-refractivity contribution in [3.63, 3.8) is 0 Å². The lowest BCUT2D eigenvalue weighted by Crippen LogP contribution is -2.60. The molecular formula is C87H120N18O17. The molecule has 0 spiro atoms. The summed E-state index contributed by atoms with van der Waals surface area (Å²) in [4.78, 5) is 241. The van der Waals surface area contributed by atoms with Crippen LogP contribution in [0.5, 0.6) is 5.75 Å². The number of aromatic nitrogens is 4. The first kappa shape index (κ1) is 93.8. The van der Waals surface area contributed by atoms with E-state index in [0.29, 0.717) is 48.1 Å². The number of ketones is 1. The summed E-state index contributed by atoms with van der Waals surface area (Å²) in [5.74, 6) is -13.7. The zero-order chi connectivity index (χ0) is 88.8. The topological polar surface area (TPSA) is 495 Å². The fourth-order valence-electron chi connectivity index (χ4n) is 16.2. The third kappa shape index (κ3) is 25.1. The van der Waals surface area contributed by atoms with Crippen molar-refractivity contribution in [1.82, 2.24) is 87.0 Å². The Morgan fingerprint density at radius 2 is 1.11 bits per heavy atom. The molecule has 35 heteroatoms. The number of H-pyrrole nitrogens is 3. The van der Waals surface area contributed by atoms with Crippen LogP contribution in [-0.2, 0) is 97.6 Å². The second-order valence-electron chi connectivity index (χ2n) is 33.2. The van der Waals surface area contributed by atoms with Gasteiger partial charge in [-0.1, -0.05) is 116 Å². The quantitative estimate of drug-likeness (QED) is 0.0521. The number of nitrogens with two attached hydrogens (primary N) is 1. The molecule has 15 N–H and O–H groups in total. The Morgan fingerprint density at radius 3 is 1.74 bits per heavy atom. The van der Waals surface area contributed by atoms with Gasteiger partial charge in [0.05, 0.1) is 37.1 Å². The average Bonchev–Trinajstić information content (AvgIpc) is 1.51. The van der Waals surface area contributed by atoms with Gasteiger partial charge in [-0.2, -0.15) is 0 Å². The molecule has 6 aromatic rings. The number of aliphatic hydroxyl groups excluding tert-OH is 1. The minimum atomic E-state index is -1.71. The number of aromatic hydroxyl groups is 1. The van der Waals surface area contributed by atoms with Crippen molar-refractivity contribution in [2.24, 2.45) is 23.5 Å². The van der Waals surface area contributed by atoms with E-state index in [1.807, 2.05) is 70.2 Å². The maximum atomic E-state index is 15.5. The molecule has 35 nitrogen and oxygen atoms in total. The number of Topliss-reactive ketones (excluding diaryl/α,β-unsaturated/α-hetero) is 1. The molecule has 3 aliphatic rings. The Kier molecular flexibility index (Phi) is 33.8. The Bertz CT molecular complexity index is 4700. The number of nitrogens with one attached hydrogen (secondary N) is 11. The summed E-state index contributed by atoms with van der Waals surface area (Å²) < 4.78 is 0. The number of hydrogen-bond acceptors (Lipinski definition) is 18. The van der Waals surface area contributed by atoms with E-state index in [4.69, 9.17) is 5.73 Å². The second-order valence-corrected chi connectivity index (χ2v) is 33.2. The van der Waals surface area contributed by atoms with Gasteiger partial charge in [0.1, 0.15) is 66.2 Å². The molecule has 6 heterocycles. The third-order valence-corrected chi connectivity index (χ3v) is 23.0. The number of aromatic amines is 3. The number of benzene rings is 3. The van der Waals surface area contributed by atoms with E-state index in [2.05, 4.69) is 62.5 Å². The summed E-state index contributed by atoms with van der Waals surface area (Å²) in [7, 11) is 4.16. The fourth-order valence-corrected chi connectivity index (χ4v) is 16.2. The minimum Gasteiger partial charge on any atom is -0.508 e. The molecule has 0 saturated carbocycles. The standard InChI is InChI=1S/C87H120N18O17/c1-11-13-24-69-81(116)97-63(34-49(3)4)79(114)90-32-31-75(110)95-66(36-52-27-29-57(106)30-28-52)83(118)101(8)51(7)77(112)99-68(42-74(88)109)85(120)104-33-19-26-70(104)82(117)98-64(40-56-45-89-48-94-56)80(115)100-65(35-50(5)6)86(121)105-47-58(107)41-72(105)73(108)39-53(37-54-43-91-61-22-17-15-20-59(54)61)78(113)93-46-76(111)96-67(38-55-44-92-62-23-18-16-21-60(55)62)84(119)103(10)71(25-14-12-2)87(122)102(69)9/h15-18,20-23,27-30,43-45,48-51,53,58,63-72,91-92,106-107H,11-14,19,24-26,31-42,46-47H2,1-10H3,(H2,88,109)(H,89,94)(H,90,114)(H,93,113)(H,95,110)(H,96,111)(H,97,116)(H,98,117)(H,99,112)(H,100,115)/t51-,53+,58+,63-,64-,65-,66-,67-,68-,69-,70-,71-,72-/m0/s1. The highest BCUT2D eigenvalue weighted by Gasteiger charge is 2.46. The third-order valence-electron chi connectivity index (χ3n) is 23.0. The maximum absolute atomic E-state index is 15.5. The number of phenolic OH excluding ortho intramolecular Hbond substituents is 1. The molecule has 3 saturated heterocycles. The summed E-state index contributed by atoms with van der Waals surface area (Å²) >= 11 is 0. The molecule has 0 unspecified atom stereocenters. The highest BCUT2D eigenvalue weighted by atomic mass is 16.3. The van der Waals surface area contributed by atoms with Gasteiger partial charge in [0.2, 0.25) is 82.7 Å². The van der Waals surface area contributed by atoms with E-state index in [0.717, 1.165) is 31.6 Å². The van der Waals surface area contributed by atoms with Crippen LogP contribution < -0.4 is 48.3 Å². The van der Waals surface area contributed by atoms with Gasteiger partial charge in [0.15, 0.2) is 5.78 Å². The number of hydrogen-bond donors (Lipinski definition) is 14. The van der Waals surface area contributed by atoms with Crippen LogP contribution in [0, 0.1) is 17.8 Å². The molecule has 660 valence electrons. The number of para-hydroxylation sites is 2. The van der Waals surface area contributed by atoms with Gasteiger partial charge >= 0.3 is 0 Å². The van der Waals surface area contributed by atoms with E-state index in [1.165, 1.54) is 79.6 Å². The van der Waals surface area contributed by atoms with Crippen molar-refractivity contribution in [3.05, 3.63) is 120 Å². The lowest BCUT2D eigenvalue weighted by atomic mass is 9.90. The van der Waals surface area contributed by atoms with Crippen LogP contribution in [0.25, 0.3) is 21.8 Å². The second kappa shape index (κ2) is 44.0. The number of imidazole rings is 1. The summed E-state index contributed by atoms with van der Waals surface area (Å²) in [5.41, 5.74) is 9.18. The van der Waals surface area contributed by atoms with E-state index in [1.54, 1.807) is 32.3 Å². The first-order chi connectivity index (χ1) is 58.1. The van der Waals surface area contributed by atoms with Gasteiger partial charge in [0.25, 0.3) is 0 Å². The Morgan fingerprint density at radius 1 is 0.549 bits per heavy atom. The predicted molar refractivity (Wildman–Crippen MR) is 451 cm³/mol. The van der Waals surface area contributed by atoms with Crippen molar-refractivity contribution in [1.29, 1.82) is 0 Å². The van der Waals surface area contributed by atoms with Gasteiger partial charge in [-0.15, -0.1) is 0 Å². The molecule has 13 atom stereocenters. The van der Waals surface area contributed by atoms with Gasteiger partial charge in [-0.3, -0.25) is 71.9 Å².